The molecule has 0 amide bonds. The van der Waals surface area contributed by atoms with Gasteiger partial charge in [-0.15, -0.1) is 0 Å². The average molecular weight is 393 g/mol. The Bertz CT molecular complexity index is 576. The van der Waals surface area contributed by atoms with E-state index in [0.29, 0.717) is 6.61 Å². The van der Waals surface area contributed by atoms with Gasteiger partial charge in [-0.2, -0.15) is 0 Å². The summed E-state index contributed by atoms with van der Waals surface area (Å²) in [6, 6.07) is 20.4. The van der Waals surface area contributed by atoms with Gasteiger partial charge >= 0.3 is 8.80 Å². The molecule has 2 rings (SSSR count). The summed E-state index contributed by atoms with van der Waals surface area (Å²) in [6.45, 7) is 14.9. The molecule has 0 N–H and O–H groups in total. The number of hydrogen-bond acceptors (Lipinski definition) is 3. The van der Waals surface area contributed by atoms with Crippen LogP contribution in [0.3, 0.4) is 0 Å². The molecule has 3 nitrogen and oxygen atoms in total. The summed E-state index contributed by atoms with van der Waals surface area (Å²) in [5.41, 5.74) is 0. The van der Waals surface area contributed by atoms with E-state index in [1.165, 1.54) is 5.19 Å². The van der Waals surface area contributed by atoms with E-state index in [9.17, 15) is 0 Å². The van der Waals surface area contributed by atoms with Gasteiger partial charge in [-0.25, -0.2) is 0 Å². The minimum Gasteiger partial charge on any atom is -0.408 e. The van der Waals surface area contributed by atoms with Crippen molar-refractivity contribution < 1.29 is 13.0 Å². The molecular formula is C21H36O3Si2. The first-order chi connectivity index (χ1) is 12.5. The lowest BCUT2D eigenvalue weighted by atomic mass is 10.4. The van der Waals surface area contributed by atoms with E-state index in [4.69, 9.17) is 13.0 Å². The van der Waals surface area contributed by atoms with Gasteiger partial charge in [-0.05, 0) is 25.2 Å². The van der Waals surface area contributed by atoms with Gasteiger partial charge in [0.15, 0.2) is 0 Å². The molecule has 0 saturated carbocycles. The van der Waals surface area contributed by atoms with Crippen LogP contribution in [0.1, 0.15) is 34.6 Å². The molecule has 2 aromatic carbocycles. The molecule has 0 radical (unpaired) electrons. The van der Waals surface area contributed by atoms with Crippen LogP contribution in [0.25, 0.3) is 0 Å². The predicted molar refractivity (Wildman–Crippen MR) is 118 cm³/mol. The minimum atomic E-state index is -2.90. The Morgan fingerprint density at radius 2 is 1.15 bits per heavy atom. The van der Waals surface area contributed by atoms with E-state index in [0.717, 1.165) is 5.19 Å². The smallest absolute Gasteiger partial charge is 0.408 e. The largest absolute Gasteiger partial charge is 0.526 e. The van der Waals surface area contributed by atoms with Crippen LogP contribution in [-0.4, -0.2) is 30.8 Å². The van der Waals surface area contributed by atoms with Crippen molar-refractivity contribution in [3.63, 3.8) is 0 Å². The van der Waals surface area contributed by atoms with Gasteiger partial charge in [0.05, 0.1) is 0 Å². The summed E-state index contributed by atoms with van der Waals surface area (Å²) in [7, 11) is -3.36. The van der Waals surface area contributed by atoms with Crippen molar-refractivity contribution in [3.8, 4) is 0 Å². The quantitative estimate of drug-likeness (QED) is 0.639. The lowest BCUT2D eigenvalue weighted by Crippen LogP contribution is -2.64. The third-order valence-corrected chi connectivity index (χ3v) is 10.7. The van der Waals surface area contributed by atoms with Gasteiger partial charge < -0.3 is 13.0 Å². The van der Waals surface area contributed by atoms with Crippen LogP contribution in [0.2, 0.25) is 13.1 Å². The molecule has 0 aromatic heterocycles. The van der Waals surface area contributed by atoms with Crippen LogP contribution >= 0.6 is 0 Å². The summed E-state index contributed by atoms with van der Waals surface area (Å²) in [5, 5.41) is 2.25. The molecule has 26 heavy (non-hydrogen) atoms. The minimum absolute atomic E-state index is 0.564. The Morgan fingerprint density at radius 3 is 1.54 bits per heavy atom. The standard InChI is InChI=1S/C17H24O3Si2.2C2H6/c1-5-19-22(18-2,17-14-10-7-11-15-17)20-21(3,4)16-12-8-6-9-13-16;2*1-2/h6-15H,5H2,1-4H3;2*1-2H3. The summed E-state index contributed by atoms with van der Waals surface area (Å²) in [5.74, 6) is 0. The fourth-order valence-electron chi connectivity index (χ4n) is 2.46. The number of rotatable bonds is 7. The zero-order valence-corrected chi connectivity index (χ0v) is 19.7. The second-order valence-electron chi connectivity index (χ2n) is 5.54. The van der Waals surface area contributed by atoms with Crippen LogP contribution in [0.5, 0.6) is 0 Å². The molecule has 0 aliphatic heterocycles. The molecule has 5 heteroatoms. The van der Waals surface area contributed by atoms with E-state index in [1.54, 1.807) is 7.11 Å². The monoisotopic (exact) mass is 392 g/mol. The molecular weight excluding hydrogens is 356 g/mol. The first kappa shape index (κ1) is 24.8. The second kappa shape index (κ2) is 13.0. The topological polar surface area (TPSA) is 27.7 Å². The molecule has 1 atom stereocenters. The highest BCUT2D eigenvalue weighted by atomic mass is 28.5. The summed E-state index contributed by atoms with van der Waals surface area (Å²) in [4.78, 5) is 0. The Hall–Kier alpha value is -1.25. The maximum atomic E-state index is 6.62. The second-order valence-corrected chi connectivity index (χ2v) is 12.3. The lowest BCUT2D eigenvalue weighted by Gasteiger charge is -2.36. The maximum absolute atomic E-state index is 6.62. The third-order valence-electron chi connectivity index (χ3n) is 3.59. The Labute approximate surface area is 162 Å². The van der Waals surface area contributed by atoms with Gasteiger partial charge in [0.2, 0.25) is 8.32 Å². The Morgan fingerprint density at radius 1 is 0.731 bits per heavy atom. The molecule has 0 spiro atoms. The highest BCUT2D eigenvalue weighted by molar-refractivity contribution is 6.93. The van der Waals surface area contributed by atoms with Crippen molar-refractivity contribution in [2.24, 2.45) is 0 Å². The SMILES string of the molecule is CC.CC.CCO[Si](OC)(O[Si](C)(C)c1ccccc1)c1ccccc1. The van der Waals surface area contributed by atoms with Gasteiger partial charge in [-0.3, -0.25) is 0 Å². The molecule has 0 heterocycles. The molecule has 0 aliphatic carbocycles. The van der Waals surface area contributed by atoms with E-state index >= 15 is 0 Å². The summed E-state index contributed by atoms with van der Waals surface area (Å²) < 4.78 is 18.5. The fourth-order valence-corrected chi connectivity index (χ4v) is 9.15. The van der Waals surface area contributed by atoms with Gasteiger partial charge in [0.25, 0.3) is 0 Å². The summed E-state index contributed by atoms with van der Waals surface area (Å²) in [6.07, 6.45) is 0. The zero-order chi connectivity index (χ0) is 20.1. The van der Waals surface area contributed by atoms with Crippen molar-refractivity contribution in [2.75, 3.05) is 13.7 Å². The third kappa shape index (κ3) is 6.81. The number of hydrogen-bond donors (Lipinski definition) is 0. The average Bonchev–Trinajstić information content (AvgIpc) is 2.72. The van der Waals surface area contributed by atoms with Crippen molar-refractivity contribution in [1.82, 2.24) is 0 Å². The first-order valence-corrected chi connectivity index (χ1v) is 14.2. The molecule has 1 unspecified atom stereocenters. The van der Waals surface area contributed by atoms with Crippen LogP contribution < -0.4 is 10.4 Å². The first-order valence-electron chi connectivity index (χ1n) is 9.54. The lowest BCUT2D eigenvalue weighted by molar-refractivity contribution is 0.151. The van der Waals surface area contributed by atoms with Crippen molar-refractivity contribution in [3.05, 3.63) is 60.7 Å². The molecule has 0 fully saturated rings. The van der Waals surface area contributed by atoms with Crippen LogP contribution in [0, 0.1) is 0 Å². The molecule has 2 aromatic rings. The predicted octanol–water partition coefficient (Wildman–Crippen LogP) is 4.70. The fraction of sp³-hybridized carbons (Fsp3) is 0.429. The van der Waals surface area contributed by atoms with E-state index < -0.39 is 17.1 Å². The summed E-state index contributed by atoms with van der Waals surface area (Å²) >= 11 is 0. The molecule has 0 aliphatic rings. The number of benzene rings is 2. The Kier molecular flexibility index (Phi) is 12.4. The van der Waals surface area contributed by atoms with Crippen LogP contribution in [-0.2, 0) is 13.0 Å². The van der Waals surface area contributed by atoms with Gasteiger partial charge in [0.1, 0.15) is 0 Å². The van der Waals surface area contributed by atoms with E-state index in [2.05, 4.69) is 25.2 Å². The van der Waals surface area contributed by atoms with Gasteiger partial charge in [-0.1, -0.05) is 88.4 Å². The normalized spacial score (nSPS) is 12.8. The molecule has 0 saturated heterocycles. The van der Waals surface area contributed by atoms with Gasteiger partial charge in [0, 0.05) is 18.9 Å². The van der Waals surface area contributed by atoms with Crippen molar-refractivity contribution in [2.45, 2.75) is 47.7 Å². The zero-order valence-electron chi connectivity index (χ0n) is 17.7. The molecule has 146 valence electrons. The van der Waals surface area contributed by atoms with Crippen LogP contribution in [0.15, 0.2) is 60.7 Å². The maximum Gasteiger partial charge on any atom is 0.526 e. The van der Waals surface area contributed by atoms with E-state index in [1.807, 2.05) is 83.1 Å². The van der Waals surface area contributed by atoms with Crippen molar-refractivity contribution >= 4 is 27.5 Å². The Balaban J connectivity index is 0.00000146. The highest BCUT2D eigenvalue weighted by Crippen LogP contribution is 2.17. The molecule has 0 bridgehead atoms. The van der Waals surface area contributed by atoms with E-state index in [-0.39, 0.29) is 0 Å². The van der Waals surface area contributed by atoms with Crippen LogP contribution in [0.4, 0.5) is 0 Å². The van der Waals surface area contributed by atoms with Crippen molar-refractivity contribution in [1.29, 1.82) is 0 Å². The highest BCUT2D eigenvalue weighted by Gasteiger charge is 2.47.